The van der Waals surface area contributed by atoms with Crippen LogP contribution < -0.4 is 10.1 Å². The lowest BCUT2D eigenvalue weighted by Gasteiger charge is -2.09. The number of anilines is 1. The number of nitrogens with zero attached hydrogens (tertiary/aromatic N) is 3. The standard InChI is InChI=1S/C26H22N4O2S/c1-15-22-16(2)28-24(19-9-10-19)30-26(22)33-23(15)25(31)29-20-7-4-8-21(12-20)32-14-18-6-3-5-17(11-18)13-27/h3-8,11-12,19H,9-10,14H2,1-2H3,(H,29,31). The lowest BCUT2D eigenvalue weighted by molar-refractivity contribution is 0.103. The smallest absolute Gasteiger partial charge is 0.266 e. The van der Waals surface area contributed by atoms with E-state index in [4.69, 9.17) is 15.0 Å². The van der Waals surface area contributed by atoms with Gasteiger partial charge in [-0.15, -0.1) is 11.3 Å². The summed E-state index contributed by atoms with van der Waals surface area (Å²) >= 11 is 1.42. The van der Waals surface area contributed by atoms with Crippen LogP contribution in [0.2, 0.25) is 0 Å². The van der Waals surface area contributed by atoms with E-state index in [9.17, 15) is 4.79 Å². The van der Waals surface area contributed by atoms with Crippen molar-refractivity contribution in [2.75, 3.05) is 5.32 Å². The minimum atomic E-state index is -0.165. The number of aromatic nitrogens is 2. The molecule has 33 heavy (non-hydrogen) atoms. The summed E-state index contributed by atoms with van der Waals surface area (Å²) < 4.78 is 5.87. The fraction of sp³-hybridized carbons (Fsp3) is 0.231. The van der Waals surface area contributed by atoms with Crippen molar-refractivity contribution in [3.63, 3.8) is 0 Å². The third-order valence-corrected chi connectivity index (χ3v) is 6.88. The monoisotopic (exact) mass is 454 g/mol. The Kier molecular flexibility index (Phi) is 5.53. The fourth-order valence-electron chi connectivity index (χ4n) is 3.85. The van der Waals surface area contributed by atoms with Gasteiger partial charge in [-0.05, 0) is 62.1 Å². The zero-order valence-electron chi connectivity index (χ0n) is 18.4. The van der Waals surface area contributed by atoms with Gasteiger partial charge in [0.05, 0.1) is 22.2 Å². The van der Waals surface area contributed by atoms with Gasteiger partial charge in [-0.2, -0.15) is 5.26 Å². The molecule has 2 heterocycles. The van der Waals surface area contributed by atoms with Gasteiger partial charge < -0.3 is 10.1 Å². The largest absolute Gasteiger partial charge is 0.489 e. The number of benzene rings is 2. The molecule has 1 amide bonds. The first-order valence-electron chi connectivity index (χ1n) is 10.8. The first-order chi connectivity index (χ1) is 16.0. The normalized spacial score (nSPS) is 13.0. The second-order valence-electron chi connectivity index (χ2n) is 8.26. The molecule has 0 bridgehead atoms. The molecule has 0 atom stereocenters. The van der Waals surface area contributed by atoms with Crippen molar-refractivity contribution in [3.8, 4) is 11.8 Å². The number of hydrogen-bond donors (Lipinski definition) is 1. The van der Waals surface area contributed by atoms with Crippen LogP contribution in [0.3, 0.4) is 0 Å². The van der Waals surface area contributed by atoms with E-state index >= 15 is 0 Å². The van der Waals surface area contributed by atoms with E-state index in [0.29, 0.717) is 34.4 Å². The van der Waals surface area contributed by atoms with Crippen molar-refractivity contribution >= 4 is 33.1 Å². The highest BCUT2D eigenvalue weighted by molar-refractivity contribution is 7.20. The summed E-state index contributed by atoms with van der Waals surface area (Å²) in [6, 6.07) is 16.7. The van der Waals surface area contributed by atoms with Crippen LogP contribution in [0.4, 0.5) is 5.69 Å². The van der Waals surface area contributed by atoms with Gasteiger partial charge in [0.15, 0.2) is 0 Å². The van der Waals surface area contributed by atoms with Gasteiger partial charge >= 0.3 is 0 Å². The predicted octanol–water partition coefficient (Wildman–Crippen LogP) is 5.89. The van der Waals surface area contributed by atoms with E-state index in [0.717, 1.165) is 45.7 Å². The van der Waals surface area contributed by atoms with Gasteiger partial charge in [0, 0.05) is 23.1 Å². The van der Waals surface area contributed by atoms with Gasteiger partial charge in [0.25, 0.3) is 5.91 Å². The zero-order valence-corrected chi connectivity index (χ0v) is 19.2. The number of carbonyl (C=O) groups excluding carboxylic acids is 1. The Morgan fingerprint density at radius 2 is 2.00 bits per heavy atom. The predicted molar refractivity (Wildman–Crippen MR) is 129 cm³/mol. The third kappa shape index (κ3) is 4.43. The molecule has 0 spiro atoms. The fourth-order valence-corrected chi connectivity index (χ4v) is 4.98. The summed E-state index contributed by atoms with van der Waals surface area (Å²) in [7, 11) is 0. The quantitative estimate of drug-likeness (QED) is 0.392. The summed E-state index contributed by atoms with van der Waals surface area (Å²) in [4.78, 5) is 24.0. The maximum Gasteiger partial charge on any atom is 0.266 e. The van der Waals surface area contributed by atoms with E-state index in [2.05, 4.69) is 16.4 Å². The summed E-state index contributed by atoms with van der Waals surface area (Å²) in [5, 5.41) is 13.0. The number of rotatable bonds is 6. The average Bonchev–Trinajstić information content (AvgIpc) is 3.61. The maximum absolute atomic E-state index is 13.1. The summed E-state index contributed by atoms with van der Waals surface area (Å²) in [5.74, 6) is 1.84. The Morgan fingerprint density at radius 3 is 2.79 bits per heavy atom. The van der Waals surface area contributed by atoms with E-state index in [1.165, 1.54) is 11.3 Å². The van der Waals surface area contributed by atoms with Gasteiger partial charge in [-0.25, -0.2) is 9.97 Å². The molecular weight excluding hydrogens is 432 g/mol. The number of nitriles is 1. The average molecular weight is 455 g/mol. The zero-order chi connectivity index (χ0) is 22.9. The lowest BCUT2D eigenvalue weighted by atomic mass is 10.1. The van der Waals surface area contributed by atoms with Crippen molar-refractivity contribution < 1.29 is 9.53 Å². The Hall–Kier alpha value is -3.76. The van der Waals surface area contributed by atoms with Gasteiger partial charge in [-0.1, -0.05) is 18.2 Å². The lowest BCUT2D eigenvalue weighted by Crippen LogP contribution is -2.11. The topological polar surface area (TPSA) is 87.9 Å². The van der Waals surface area contributed by atoms with Crippen LogP contribution >= 0.6 is 11.3 Å². The number of carbonyl (C=O) groups is 1. The molecule has 1 fully saturated rings. The van der Waals surface area contributed by atoms with Crippen LogP contribution in [0.25, 0.3) is 10.2 Å². The van der Waals surface area contributed by atoms with Crippen molar-refractivity contribution in [2.24, 2.45) is 0 Å². The number of aryl methyl sites for hydroxylation is 2. The number of hydrogen-bond acceptors (Lipinski definition) is 6. The SMILES string of the molecule is Cc1nc(C2CC2)nc2sc(C(=O)Nc3cccc(OCc4cccc(C#N)c4)c3)c(C)c12. The molecule has 7 heteroatoms. The van der Waals surface area contributed by atoms with E-state index in [1.807, 2.05) is 44.2 Å². The molecule has 5 rings (SSSR count). The molecule has 1 saturated carbocycles. The van der Waals surface area contributed by atoms with Crippen LogP contribution in [0.15, 0.2) is 48.5 Å². The van der Waals surface area contributed by atoms with Crippen molar-refractivity contribution in [1.82, 2.24) is 9.97 Å². The number of nitrogens with one attached hydrogen (secondary N) is 1. The summed E-state index contributed by atoms with van der Waals surface area (Å²) in [6.45, 7) is 4.28. The Labute approximate surface area is 195 Å². The number of fused-ring (bicyclic) bond motifs is 1. The molecule has 0 aliphatic heterocycles. The van der Waals surface area contributed by atoms with Gasteiger partial charge in [0.1, 0.15) is 23.0 Å². The molecule has 164 valence electrons. The van der Waals surface area contributed by atoms with Crippen LogP contribution in [0, 0.1) is 25.2 Å². The molecule has 1 N–H and O–H groups in total. The molecule has 2 aromatic heterocycles. The first-order valence-corrected chi connectivity index (χ1v) is 11.6. The van der Waals surface area contributed by atoms with Crippen LogP contribution in [-0.2, 0) is 6.61 Å². The second-order valence-corrected chi connectivity index (χ2v) is 9.26. The summed E-state index contributed by atoms with van der Waals surface area (Å²) in [6.07, 6.45) is 2.29. The molecule has 0 radical (unpaired) electrons. The number of amides is 1. The molecule has 1 aliphatic rings. The van der Waals surface area contributed by atoms with Crippen molar-refractivity contribution in [2.45, 2.75) is 39.2 Å². The molecule has 2 aromatic carbocycles. The van der Waals surface area contributed by atoms with Gasteiger partial charge in [-0.3, -0.25) is 4.79 Å². The summed E-state index contributed by atoms with van der Waals surface area (Å²) in [5.41, 5.74) is 4.01. The van der Waals surface area contributed by atoms with E-state index in [1.54, 1.807) is 18.2 Å². The highest BCUT2D eigenvalue weighted by atomic mass is 32.1. The Balaban J connectivity index is 1.32. The van der Waals surface area contributed by atoms with Crippen LogP contribution in [0.1, 0.15) is 56.6 Å². The number of ether oxygens (including phenoxy) is 1. The molecule has 6 nitrogen and oxygen atoms in total. The number of thiophene rings is 1. The van der Waals surface area contributed by atoms with Crippen molar-refractivity contribution in [1.29, 1.82) is 5.26 Å². The molecular formula is C26H22N4O2S. The first kappa shape index (κ1) is 21.1. The third-order valence-electron chi connectivity index (χ3n) is 5.69. The minimum absolute atomic E-state index is 0.165. The Morgan fingerprint density at radius 1 is 1.18 bits per heavy atom. The minimum Gasteiger partial charge on any atom is -0.489 e. The Bertz CT molecular complexity index is 1420. The van der Waals surface area contributed by atoms with E-state index < -0.39 is 0 Å². The van der Waals surface area contributed by atoms with Crippen LogP contribution in [-0.4, -0.2) is 15.9 Å². The molecule has 4 aromatic rings. The molecule has 1 aliphatic carbocycles. The maximum atomic E-state index is 13.1. The van der Waals surface area contributed by atoms with Crippen molar-refractivity contribution in [3.05, 3.63) is 81.6 Å². The van der Waals surface area contributed by atoms with E-state index in [-0.39, 0.29) is 5.91 Å². The second kappa shape index (κ2) is 8.64. The molecule has 0 saturated heterocycles. The highest BCUT2D eigenvalue weighted by Crippen LogP contribution is 2.40. The molecule has 0 unspecified atom stereocenters. The van der Waals surface area contributed by atoms with Gasteiger partial charge in [0.2, 0.25) is 0 Å². The highest BCUT2D eigenvalue weighted by Gasteiger charge is 2.28. The van der Waals surface area contributed by atoms with Crippen LogP contribution in [0.5, 0.6) is 5.75 Å².